The van der Waals surface area contributed by atoms with Crippen LogP contribution in [0.25, 0.3) is 0 Å². The van der Waals surface area contributed by atoms with Crippen molar-refractivity contribution in [2.75, 3.05) is 19.6 Å². The monoisotopic (exact) mass is 295 g/mol. The fourth-order valence-electron chi connectivity index (χ4n) is 2.44. The van der Waals surface area contributed by atoms with Gasteiger partial charge in [0.25, 0.3) is 0 Å². The molecule has 0 rings (SSSR count). The highest BCUT2D eigenvalue weighted by Gasteiger charge is 2.01. The van der Waals surface area contributed by atoms with Crippen LogP contribution in [0.2, 0.25) is 0 Å². The number of hydrogen-bond acceptors (Lipinski definition) is 1. The van der Waals surface area contributed by atoms with Crippen LogP contribution in [0.5, 0.6) is 0 Å². The lowest BCUT2D eigenvalue weighted by Crippen LogP contribution is -2.24. The number of nitrogens with zero attached hydrogens (tertiary/aromatic N) is 2. The smallest absolute Gasteiger partial charge is 0.166 e. The second kappa shape index (κ2) is 17.5. The van der Waals surface area contributed by atoms with E-state index in [0.29, 0.717) is 0 Å². The maximum absolute atomic E-state index is 4.52. The lowest BCUT2D eigenvalue weighted by atomic mass is 10.2. The van der Waals surface area contributed by atoms with Gasteiger partial charge in [-0.15, -0.1) is 0 Å². The quantitative estimate of drug-likeness (QED) is 0.149. The molecule has 0 heterocycles. The van der Waals surface area contributed by atoms with E-state index in [9.17, 15) is 0 Å². The Labute approximate surface area is 134 Å². The normalized spacial score (nSPS) is 11.4. The van der Waals surface area contributed by atoms with Crippen molar-refractivity contribution >= 4 is 6.34 Å². The van der Waals surface area contributed by atoms with E-state index in [1.165, 1.54) is 77.0 Å². The van der Waals surface area contributed by atoms with Gasteiger partial charge in [-0.2, -0.15) is 0 Å². The second-order valence-electron chi connectivity index (χ2n) is 6.15. The summed E-state index contributed by atoms with van der Waals surface area (Å²) in [6.45, 7) is 10.0. The molecular weight excluding hydrogens is 256 g/mol. The zero-order chi connectivity index (χ0) is 15.6. The highest BCUT2D eigenvalue weighted by atomic mass is 15.1. The summed E-state index contributed by atoms with van der Waals surface area (Å²) in [6, 6.07) is 0. The van der Waals surface area contributed by atoms with Crippen LogP contribution in [0.15, 0.2) is 4.99 Å². The van der Waals surface area contributed by atoms with Crippen LogP contribution < -0.4 is 0 Å². The summed E-state index contributed by atoms with van der Waals surface area (Å²) in [5, 5.41) is 0. The Bertz CT molecular complexity index is 202. The molecule has 125 valence electrons. The molecular formula is C19H39N2. The van der Waals surface area contributed by atoms with Crippen LogP contribution in [0.4, 0.5) is 0 Å². The molecule has 2 heteroatoms. The minimum atomic E-state index is 0.959. The summed E-state index contributed by atoms with van der Waals surface area (Å²) in [5.41, 5.74) is 0. The van der Waals surface area contributed by atoms with Gasteiger partial charge in [0.2, 0.25) is 0 Å². The second-order valence-corrected chi connectivity index (χ2v) is 6.15. The van der Waals surface area contributed by atoms with Crippen molar-refractivity contribution in [2.45, 2.75) is 97.8 Å². The molecule has 0 fully saturated rings. The Morgan fingerprint density at radius 2 is 1.10 bits per heavy atom. The molecule has 0 unspecified atom stereocenters. The number of aliphatic imine (C=N–C) groups is 1. The van der Waals surface area contributed by atoms with E-state index in [4.69, 9.17) is 0 Å². The van der Waals surface area contributed by atoms with Gasteiger partial charge in [-0.3, -0.25) is 4.99 Å². The first-order valence-electron chi connectivity index (χ1n) is 9.52. The van der Waals surface area contributed by atoms with Crippen LogP contribution in [-0.4, -0.2) is 30.9 Å². The van der Waals surface area contributed by atoms with Crippen molar-refractivity contribution in [2.24, 2.45) is 4.99 Å². The average molecular weight is 296 g/mol. The van der Waals surface area contributed by atoms with Crippen molar-refractivity contribution in [1.82, 2.24) is 4.90 Å². The minimum Gasteiger partial charge on any atom is -0.354 e. The van der Waals surface area contributed by atoms with E-state index in [-0.39, 0.29) is 0 Å². The molecule has 0 aliphatic carbocycles. The predicted octanol–water partition coefficient (Wildman–Crippen LogP) is 5.93. The molecule has 0 N–H and O–H groups in total. The topological polar surface area (TPSA) is 15.6 Å². The Balaban J connectivity index is 3.83. The number of hydrogen-bond donors (Lipinski definition) is 0. The van der Waals surface area contributed by atoms with E-state index in [1.54, 1.807) is 0 Å². The van der Waals surface area contributed by atoms with Crippen LogP contribution in [0.3, 0.4) is 0 Å². The van der Waals surface area contributed by atoms with E-state index in [0.717, 1.165) is 19.6 Å². The average Bonchev–Trinajstić information content (AvgIpc) is 2.50. The standard InChI is InChI=1S/C19H39N2/c1-4-7-10-13-16-20-19-21(17-14-11-8-5-2)18-15-12-9-6-3/h4-18H2,1-3H3. The van der Waals surface area contributed by atoms with Gasteiger partial charge in [-0.05, 0) is 19.3 Å². The van der Waals surface area contributed by atoms with Crippen molar-refractivity contribution in [3.05, 3.63) is 0 Å². The molecule has 21 heavy (non-hydrogen) atoms. The lowest BCUT2D eigenvalue weighted by molar-refractivity contribution is 0.395. The third kappa shape index (κ3) is 15.7. The van der Waals surface area contributed by atoms with E-state index in [2.05, 4.69) is 37.0 Å². The summed E-state index contributed by atoms with van der Waals surface area (Å²) in [7, 11) is 0. The summed E-state index contributed by atoms with van der Waals surface area (Å²) >= 11 is 0. The molecule has 0 spiro atoms. The molecule has 0 atom stereocenters. The third-order valence-electron chi connectivity index (χ3n) is 3.90. The van der Waals surface area contributed by atoms with Gasteiger partial charge < -0.3 is 4.90 Å². The van der Waals surface area contributed by atoms with Crippen LogP contribution >= 0.6 is 0 Å². The predicted molar refractivity (Wildman–Crippen MR) is 96.3 cm³/mol. The number of rotatable bonds is 16. The van der Waals surface area contributed by atoms with Crippen LogP contribution in [0, 0.1) is 0 Å². The first kappa shape index (κ1) is 20.5. The van der Waals surface area contributed by atoms with Gasteiger partial charge in [0.05, 0.1) is 0 Å². The summed E-state index contributed by atoms with van der Waals surface area (Å²) in [5.74, 6) is 0. The molecule has 0 aliphatic rings. The van der Waals surface area contributed by atoms with Crippen molar-refractivity contribution < 1.29 is 0 Å². The lowest BCUT2D eigenvalue weighted by Gasteiger charge is -2.18. The number of unbranched alkanes of at least 4 members (excludes halogenated alkanes) is 9. The highest BCUT2D eigenvalue weighted by Crippen LogP contribution is 2.04. The van der Waals surface area contributed by atoms with Gasteiger partial charge >= 0.3 is 0 Å². The Hall–Kier alpha value is -0.530. The molecule has 0 bridgehead atoms. The minimum absolute atomic E-state index is 0.959. The van der Waals surface area contributed by atoms with Crippen molar-refractivity contribution in [3.8, 4) is 0 Å². The molecule has 2 nitrogen and oxygen atoms in total. The van der Waals surface area contributed by atoms with Crippen LogP contribution in [0.1, 0.15) is 97.8 Å². The van der Waals surface area contributed by atoms with E-state index < -0.39 is 0 Å². The Morgan fingerprint density at radius 3 is 1.57 bits per heavy atom. The van der Waals surface area contributed by atoms with E-state index in [1.807, 2.05) is 0 Å². The molecule has 0 aliphatic heterocycles. The molecule has 1 radical (unpaired) electrons. The highest BCUT2D eigenvalue weighted by molar-refractivity contribution is 5.54. The van der Waals surface area contributed by atoms with Gasteiger partial charge in [0, 0.05) is 19.6 Å². The Kier molecular flexibility index (Phi) is 17.1. The molecule has 0 aromatic rings. The first-order chi connectivity index (χ1) is 10.3. The maximum Gasteiger partial charge on any atom is 0.166 e. The molecule has 0 amide bonds. The maximum atomic E-state index is 4.52. The van der Waals surface area contributed by atoms with Gasteiger partial charge in [0.1, 0.15) is 0 Å². The third-order valence-corrected chi connectivity index (χ3v) is 3.90. The van der Waals surface area contributed by atoms with Crippen molar-refractivity contribution in [3.63, 3.8) is 0 Å². The zero-order valence-electron chi connectivity index (χ0n) is 15.0. The summed E-state index contributed by atoms with van der Waals surface area (Å²) in [4.78, 5) is 6.86. The molecule has 0 aromatic heterocycles. The van der Waals surface area contributed by atoms with E-state index >= 15 is 0 Å². The van der Waals surface area contributed by atoms with Crippen LogP contribution in [-0.2, 0) is 0 Å². The fraction of sp³-hybridized carbons (Fsp3) is 0.947. The van der Waals surface area contributed by atoms with Gasteiger partial charge in [-0.25, -0.2) is 0 Å². The van der Waals surface area contributed by atoms with Crippen molar-refractivity contribution in [1.29, 1.82) is 0 Å². The fourth-order valence-corrected chi connectivity index (χ4v) is 2.44. The molecule has 0 saturated heterocycles. The largest absolute Gasteiger partial charge is 0.354 e. The van der Waals surface area contributed by atoms with Gasteiger partial charge in [-0.1, -0.05) is 78.6 Å². The molecule has 0 aromatic carbocycles. The first-order valence-corrected chi connectivity index (χ1v) is 9.52. The molecule has 0 saturated carbocycles. The van der Waals surface area contributed by atoms with Gasteiger partial charge in [0.15, 0.2) is 6.34 Å². The summed E-state index contributed by atoms with van der Waals surface area (Å²) in [6.07, 6.45) is 19.1. The zero-order valence-corrected chi connectivity index (χ0v) is 15.0. The Morgan fingerprint density at radius 1 is 0.619 bits per heavy atom. The SMILES string of the molecule is CCCCCC/N=[C]/N(CCCCCC)CCCCCC. The summed E-state index contributed by atoms with van der Waals surface area (Å²) < 4.78 is 0.